The van der Waals surface area contributed by atoms with Gasteiger partial charge in [0.15, 0.2) is 0 Å². The van der Waals surface area contributed by atoms with Gasteiger partial charge in [-0.2, -0.15) is 0 Å². The fourth-order valence-electron chi connectivity index (χ4n) is 2.55. The number of hydrogen-bond acceptors (Lipinski definition) is 3. The molecule has 2 aromatic heterocycles. The molecule has 0 aliphatic carbocycles. The maximum Gasteiger partial charge on any atom is 0.101 e. The number of rotatable bonds is 5. The Labute approximate surface area is 123 Å². The maximum absolute atomic E-state index is 5.50. The number of nitrogens with one attached hydrogen (secondary N) is 1. The van der Waals surface area contributed by atoms with Gasteiger partial charge in [0.2, 0.25) is 0 Å². The Morgan fingerprint density at radius 1 is 1.30 bits per heavy atom. The quantitative estimate of drug-likeness (QED) is 0.722. The van der Waals surface area contributed by atoms with E-state index in [0.29, 0.717) is 0 Å². The molecule has 1 atom stereocenters. The number of thiophene rings is 1. The molecule has 1 aromatic carbocycles. The van der Waals surface area contributed by atoms with Crippen molar-refractivity contribution in [2.45, 2.75) is 26.3 Å². The van der Waals surface area contributed by atoms with Crippen LogP contribution in [-0.4, -0.2) is 6.54 Å². The summed E-state index contributed by atoms with van der Waals surface area (Å²) in [6, 6.07) is 11.0. The van der Waals surface area contributed by atoms with Crippen LogP contribution in [-0.2, 0) is 0 Å². The van der Waals surface area contributed by atoms with Crippen molar-refractivity contribution in [1.82, 2.24) is 5.32 Å². The van der Waals surface area contributed by atoms with Crippen LogP contribution in [0.5, 0.6) is 0 Å². The van der Waals surface area contributed by atoms with Gasteiger partial charge in [-0.25, -0.2) is 0 Å². The van der Waals surface area contributed by atoms with Crippen molar-refractivity contribution in [2.24, 2.45) is 0 Å². The zero-order valence-corrected chi connectivity index (χ0v) is 12.7. The van der Waals surface area contributed by atoms with Crippen LogP contribution in [0.25, 0.3) is 10.1 Å². The first kappa shape index (κ1) is 13.4. The van der Waals surface area contributed by atoms with E-state index >= 15 is 0 Å². The summed E-state index contributed by atoms with van der Waals surface area (Å²) >= 11 is 1.81. The summed E-state index contributed by atoms with van der Waals surface area (Å²) in [5.41, 5.74) is 2.55. The summed E-state index contributed by atoms with van der Waals surface area (Å²) in [6.45, 7) is 5.18. The van der Waals surface area contributed by atoms with Crippen molar-refractivity contribution in [3.8, 4) is 0 Å². The van der Waals surface area contributed by atoms with E-state index < -0.39 is 0 Å². The topological polar surface area (TPSA) is 25.2 Å². The van der Waals surface area contributed by atoms with Gasteiger partial charge < -0.3 is 9.73 Å². The maximum atomic E-state index is 5.50. The second-order valence-corrected chi connectivity index (χ2v) is 5.98. The van der Waals surface area contributed by atoms with Gasteiger partial charge >= 0.3 is 0 Å². The van der Waals surface area contributed by atoms with Crippen molar-refractivity contribution in [2.75, 3.05) is 6.54 Å². The van der Waals surface area contributed by atoms with E-state index in [-0.39, 0.29) is 6.04 Å². The molecule has 3 aromatic rings. The molecule has 3 rings (SSSR count). The van der Waals surface area contributed by atoms with Gasteiger partial charge in [0.25, 0.3) is 0 Å². The fraction of sp³-hybridized carbons (Fsp3) is 0.294. The van der Waals surface area contributed by atoms with Gasteiger partial charge in [-0.05, 0) is 48.4 Å². The molecule has 0 aliphatic rings. The average Bonchev–Trinajstić information content (AvgIpc) is 3.08. The van der Waals surface area contributed by atoms with Crippen molar-refractivity contribution in [3.05, 3.63) is 58.9 Å². The van der Waals surface area contributed by atoms with Crippen LogP contribution in [0.1, 0.15) is 36.3 Å². The lowest BCUT2D eigenvalue weighted by Gasteiger charge is -2.18. The molecule has 1 N–H and O–H groups in total. The van der Waals surface area contributed by atoms with Crippen LogP contribution < -0.4 is 5.32 Å². The second kappa shape index (κ2) is 5.81. The molecule has 0 fully saturated rings. The Balaban J connectivity index is 2.06. The Morgan fingerprint density at radius 3 is 2.95 bits per heavy atom. The summed E-state index contributed by atoms with van der Waals surface area (Å²) in [5.74, 6) is 0.960. The molecule has 2 nitrogen and oxygen atoms in total. The standard InChI is InChI=1S/C17H19NOS/c1-3-8-18-16(14-10-12(2)19-11-14)15-6-4-5-13-7-9-20-17(13)15/h4-7,9-11,16,18H,3,8H2,1-2H3. The van der Waals surface area contributed by atoms with E-state index in [2.05, 4.69) is 48.0 Å². The van der Waals surface area contributed by atoms with E-state index in [1.807, 2.05) is 13.2 Å². The van der Waals surface area contributed by atoms with Crippen LogP contribution in [0.15, 0.2) is 46.4 Å². The Bertz CT molecular complexity index is 698. The smallest absolute Gasteiger partial charge is 0.101 e. The van der Waals surface area contributed by atoms with E-state index in [0.717, 1.165) is 18.7 Å². The van der Waals surface area contributed by atoms with Crippen LogP contribution in [0.3, 0.4) is 0 Å². The summed E-state index contributed by atoms with van der Waals surface area (Å²) in [5, 5.41) is 7.12. The number of hydrogen-bond donors (Lipinski definition) is 1. The largest absolute Gasteiger partial charge is 0.469 e. The van der Waals surface area contributed by atoms with E-state index in [1.54, 1.807) is 11.3 Å². The first-order chi connectivity index (χ1) is 9.79. The first-order valence-electron chi connectivity index (χ1n) is 7.04. The van der Waals surface area contributed by atoms with E-state index in [9.17, 15) is 0 Å². The van der Waals surface area contributed by atoms with Crippen molar-refractivity contribution in [1.29, 1.82) is 0 Å². The second-order valence-electron chi connectivity index (χ2n) is 5.06. The highest BCUT2D eigenvalue weighted by molar-refractivity contribution is 7.17. The molecule has 0 radical (unpaired) electrons. The van der Waals surface area contributed by atoms with Crippen LogP contribution in [0, 0.1) is 6.92 Å². The molecule has 0 amide bonds. The fourth-order valence-corrected chi connectivity index (χ4v) is 3.50. The Hall–Kier alpha value is -1.58. The third-order valence-electron chi connectivity index (χ3n) is 3.50. The number of aryl methyl sites for hydroxylation is 1. The number of fused-ring (bicyclic) bond motifs is 1. The normalized spacial score (nSPS) is 12.9. The molecule has 3 heteroatoms. The highest BCUT2D eigenvalue weighted by atomic mass is 32.1. The lowest BCUT2D eigenvalue weighted by atomic mass is 9.99. The lowest BCUT2D eigenvalue weighted by Crippen LogP contribution is -2.22. The average molecular weight is 285 g/mol. The highest BCUT2D eigenvalue weighted by Crippen LogP contribution is 2.33. The van der Waals surface area contributed by atoms with E-state index in [1.165, 1.54) is 21.2 Å². The Kier molecular flexibility index (Phi) is 3.90. The third-order valence-corrected chi connectivity index (χ3v) is 4.48. The number of furan rings is 1. The van der Waals surface area contributed by atoms with E-state index in [4.69, 9.17) is 4.42 Å². The number of benzene rings is 1. The molecule has 0 saturated heterocycles. The van der Waals surface area contributed by atoms with Gasteiger partial charge in [0.05, 0.1) is 12.3 Å². The third kappa shape index (κ3) is 2.51. The minimum Gasteiger partial charge on any atom is -0.469 e. The zero-order valence-electron chi connectivity index (χ0n) is 11.8. The van der Waals surface area contributed by atoms with Gasteiger partial charge in [0, 0.05) is 10.3 Å². The highest BCUT2D eigenvalue weighted by Gasteiger charge is 2.18. The predicted octanol–water partition coefficient (Wildman–Crippen LogP) is 4.89. The van der Waals surface area contributed by atoms with Gasteiger partial charge in [-0.15, -0.1) is 11.3 Å². The molecule has 20 heavy (non-hydrogen) atoms. The van der Waals surface area contributed by atoms with Crippen LogP contribution in [0.4, 0.5) is 0 Å². The van der Waals surface area contributed by atoms with Crippen molar-refractivity contribution >= 4 is 21.4 Å². The summed E-state index contributed by atoms with van der Waals surface area (Å²) in [7, 11) is 0. The first-order valence-corrected chi connectivity index (χ1v) is 7.92. The zero-order chi connectivity index (χ0) is 13.9. The monoisotopic (exact) mass is 285 g/mol. The predicted molar refractivity (Wildman–Crippen MR) is 85.4 cm³/mol. The molecule has 0 spiro atoms. The van der Waals surface area contributed by atoms with Crippen LogP contribution >= 0.6 is 11.3 Å². The molecule has 2 heterocycles. The molecular weight excluding hydrogens is 266 g/mol. The molecular formula is C17H19NOS. The molecule has 0 aliphatic heterocycles. The molecule has 1 unspecified atom stereocenters. The van der Waals surface area contributed by atoms with Crippen molar-refractivity contribution in [3.63, 3.8) is 0 Å². The molecule has 104 valence electrons. The summed E-state index contributed by atoms with van der Waals surface area (Å²) < 4.78 is 6.86. The SMILES string of the molecule is CCCNC(c1coc(C)c1)c1cccc2ccsc12. The van der Waals surface area contributed by atoms with Gasteiger partial charge in [-0.3, -0.25) is 0 Å². The Morgan fingerprint density at radius 2 is 2.20 bits per heavy atom. The minimum atomic E-state index is 0.203. The van der Waals surface area contributed by atoms with Gasteiger partial charge in [-0.1, -0.05) is 25.1 Å². The summed E-state index contributed by atoms with van der Waals surface area (Å²) in [6.07, 6.45) is 2.99. The van der Waals surface area contributed by atoms with Crippen molar-refractivity contribution < 1.29 is 4.42 Å². The minimum absolute atomic E-state index is 0.203. The van der Waals surface area contributed by atoms with Crippen LogP contribution in [0.2, 0.25) is 0 Å². The lowest BCUT2D eigenvalue weighted by molar-refractivity contribution is 0.524. The van der Waals surface area contributed by atoms with Gasteiger partial charge in [0.1, 0.15) is 5.76 Å². The summed E-state index contributed by atoms with van der Waals surface area (Å²) in [4.78, 5) is 0. The molecule has 0 saturated carbocycles. The molecule has 0 bridgehead atoms.